The predicted octanol–water partition coefficient (Wildman–Crippen LogP) is 2.71. The topological polar surface area (TPSA) is 76.4 Å². The lowest BCUT2D eigenvalue weighted by atomic mass is 10.2. The summed E-state index contributed by atoms with van der Waals surface area (Å²) in [4.78, 5) is 3.88. The molecule has 2 aromatic heterocycles. The zero-order chi connectivity index (χ0) is 16.6. The average Bonchev–Trinajstić information content (AvgIpc) is 2.86. The van der Waals surface area contributed by atoms with Crippen molar-refractivity contribution in [1.82, 2.24) is 14.6 Å². The van der Waals surface area contributed by atoms with Crippen molar-refractivity contribution in [3.05, 3.63) is 58.5 Å². The van der Waals surface area contributed by atoms with Crippen LogP contribution < -0.4 is 4.72 Å². The maximum atomic E-state index is 13.6. The normalized spacial score (nSPS) is 11.8. The number of nitrogens with one attached hydrogen (secondary N) is 1. The monoisotopic (exact) mass is 402 g/mol. The molecule has 0 unspecified atom stereocenters. The third-order valence-electron chi connectivity index (χ3n) is 3.04. The molecule has 0 spiro atoms. The van der Waals surface area contributed by atoms with Crippen molar-refractivity contribution < 1.29 is 17.2 Å². The van der Waals surface area contributed by atoms with Gasteiger partial charge in [0.1, 0.15) is 16.4 Å². The van der Waals surface area contributed by atoms with Crippen molar-refractivity contribution in [2.75, 3.05) is 4.72 Å². The van der Waals surface area contributed by atoms with Crippen LogP contribution in [0.15, 0.2) is 41.3 Å². The van der Waals surface area contributed by atoms with Gasteiger partial charge in [0, 0.05) is 5.56 Å². The third kappa shape index (κ3) is 3.17. The molecule has 120 valence electrons. The Labute approximate surface area is 138 Å². The van der Waals surface area contributed by atoms with E-state index < -0.39 is 27.4 Å². The fourth-order valence-electron chi connectivity index (χ4n) is 2.03. The third-order valence-corrected chi connectivity index (χ3v) is 4.83. The number of benzene rings is 1. The zero-order valence-corrected chi connectivity index (χ0v) is 13.8. The van der Waals surface area contributed by atoms with E-state index in [-0.39, 0.29) is 11.4 Å². The van der Waals surface area contributed by atoms with E-state index in [0.29, 0.717) is 10.1 Å². The number of hydrogen-bond acceptors (Lipinski definition) is 4. The maximum Gasteiger partial charge on any atom is 0.238 e. The molecule has 6 nitrogen and oxygen atoms in total. The lowest BCUT2D eigenvalue weighted by Crippen LogP contribution is -2.17. The lowest BCUT2D eigenvalue weighted by molar-refractivity contribution is 0.501. The Hall–Kier alpha value is -2.07. The van der Waals surface area contributed by atoms with Crippen LogP contribution in [0.3, 0.4) is 0 Å². The molecule has 0 aliphatic rings. The molecule has 0 aliphatic heterocycles. The molecule has 3 rings (SSSR count). The van der Waals surface area contributed by atoms with Crippen molar-refractivity contribution >= 4 is 37.3 Å². The molecule has 0 aliphatic carbocycles. The number of halogens is 3. The number of hydrogen-bond donors (Lipinski definition) is 1. The summed E-state index contributed by atoms with van der Waals surface area (Å²) >= 11 is 3.26. The first-order chi connectivity index (χ1) is 10.9. The Bertz CT molecular complexity index is 991. The number of fused-ring (bicyclic) bond motifs is 1. The predicted molar refractivity (Wildman–Crippen MR) is 83.3 cm³/mol. The number of nitrogens with zero attached hydrogens (tertiary/aromatic N) is 3. The summed E-state index contributed by atoms with van der Waals surface area (Å²) in [5.74, 6) is -2.95. The van der Waals surface area contributed by atoms with Gasteiger partial charge in [-0.25, -0.2) is 26.7 Å². The molecular formula is C13H9BrF2N4O2S. The van der Waals surface area contributed by atoms with Gasteiger partial charge in [-0.2, -0.15) is 5.10 Å². The second kappa shape index (κ2) is 5.85. The molecular weight excluding hydrogens is 394 g/mol. The molecule has 2 heterocycles. The first-order valence-electron chi connectivity index (χ1n) is 6.29. The summed E-state index contributed by atoms with van der Waals surface area (Å²) in [6.45, 7) is 0. The smallest absolute Gasteiger partial charge is 0.238 e. The summed E-state index contributed by atoms with van der Waals surface area (Å²) in [7, 11) is -3.98. The van der Waals surface area contributed by atoms with Crippen LogP contribution in [0.4, 0.5) is 14.6 Å². The molecule has 3 aromatic rings. The van der Waals surface area contributed by atoms with Gasteiger partial charge >= 0.3 is 0 Å². The lowest BCUT2D eigenvalue weighted by Gasteiger charge is -2.09. The van der Waals surface area contributed by atoms with Crippen molar-refractivity contribution in [2.24, 2.45) is 0 Å². The Kier molecular flexibility index (Phi) is 4.02. The van der Waals surface area contributed by atoms with Crippen LogP contribution in [0.1, 0.15) is 5.56 Å². The second-order valence-corrected chi connectivity index (χ2v) is 7.17. The number of sulfonamides is 1. The van der Waals surface area contributed by atoms with Gasteiger partial charge in [-0.15, -0.1) is 0 Å². The van der Waals surface area contributed by atoms with Gasteiger partial charge in [0.15, 0.2) is 17.5 Å². The summed E-state index contributed by atoms with van der Waals surface area (Å²) in [6, 6.07) is 6.67. The average molecular weight is 403 g/mol. The van der Waals surface area contributed by atoms with Crippen LogP contribution in [0.25, 0.3) is 5.52 Å². The Balaban J connectivity index is 1.93. The largest absolute Gasteiger partial charge is 0.265 e. The highest BCUT2D eigenvalue weighted by atomic mass is 79.9. The zero-order valence-electron chi connectivity index (χ0n) is 11.4. The molecule has 0 atom stereocenters. The Morgan fingerprint density at radius 1 is 1.22 bits per heavy atom. The molecule has 0 radical (unpaired) electrons. The molecule has 0 fully saturated rings. The summed E-state index contributed by atoms with van der Waals surface area (Å²) in [5, 5.41) is 3.96. The summed E-state index contributed by atoms with van der Waals surface area (Å²) in [5.41, 5.74) is 0.154. The van der Waals surface area contributed by atoms with Crippen LogP contribution >= 0.6 is 15.9 Å². The van der Waals surface area contributed by atoms with Gasteiger partial charge in [-0.1, -0.05) is 12.1 Å². The van der Waals surface area contributed by atoms with Crippen molar-refractivity contribution in [2.45, 2.75) is 5.75 Å². The van der Waals surface area contributed by atoms with E-state index in [2.05, 4.69) is 30.7 Å². The fourth-order valence-corrected chi connectivity index (χ4v) is 3.60. The van der Waals surface area contributed by atoms with Gasteiger partial charge in [0.25, 0.3) is 0 Å². The molecule has 0 bridgehead atoms. The van der Waals surface area contributed by atoms with Gasteiger partial charge in [0.05, 0.1) is 5.75 Å². The van der Waals surface area contributed by atoms with Gasteiger partial charge in [0.2, 0.25) is 10.0 Å². The molecule has 0 saturated heterocycles. The van der Waals surface area contributed by atoms with E-state index in [1.807, 2.05) is 0 Å². The van der Waals surface area contributed by atoms with Crippen LogP contribution in [-0.4, -0.2) is 23.0 Å². The fraction of sp³-hybridized carbons (Fsp3) is 0.0769. The summed E-state index contributed by atoms with van der Waals surface area (Å²) in [6.07, 6.45) is 1.18. The molecule has 0 amide bonds. The standard InChI is InChI=1S/C13H9BrF2N4O2S/c14-11-5-4-10-13(17-7-18-20(10)11)19-23(21,22)6-8-2-1-3-9(15)12(8)16/h1-5,7H,6H2,(H,17,18,19). The molecule has 1 N–H and O–H groups in total. The van der Waals surface area contributed by atoms with Crippen molar-refractivity contribution in [1.29, 1.82) is 0 Å². The Morgan fingerprint density at radius 2 is 2.00 bits per heavy atom. The minimum Gasteiger partial charge on any atom is -0.265 e. The van der Waals surface area contributed by atoms with E-state index in [4.69, 9.17) is 0 Å². The minimum atomic E-state index is -3.98. The quantitative estimate of drug-likeness (QED) is 0.727. The van der Waals surface area contributed by atoms with E-state index in [0.717, 1.165) is 6.07 Å². The van der Waals surface area contributed by atoms with E-state index in [1.54, 1.807) is 12.1 Å². The van der Waals surface area contributed by atoms with Crippen LogP contribution in [0.2, 0.25) is 0 Å². The molecule has 23 heavy (non-hydrogen) atoms. The Morgan fingerprint density at radius 3 is 2.78 bits per heavy atom. The van der Waals surface area contributed by atoms with Gasteiger partial charge in [-0.3, -0.25) is 4.72 Å². The van der Waals surface area contributed by atoms with E-state index in [1.165, 1.54) is 23.0 Å². The SMILES string of the molecule is O=S(=O)(Cc1cccc(F)c1F)Nc1ncnn2c(Br)ccc12. The van der Waals surface area contributed by atoms with Crippen LogP contribution in [0.5, 0.6) is 0 Å². The maximum absolute atomic E-state index is 13.6. The highest BCUT2D eigenvalue weighted by Gasteiger charge is 2.19. The molecule has 10 heteroatoms. The van der Waals surface area contributed by atoms with Crippen LogP contribution in [0, 0.1) is 11.6 Å². The first kappa shape index (κ1) is 15.8. The number of aromatic nitrogens is 3. The van der Waals surface area contributed by atoms with E-state index >= 15 is 0 Å². The first-order valence-corrected chi connectivity index (χ1v) is 8.73. The number of rotatable bonds is 4. The van der Waals surface area contributed by atoms with Gasteiger partial charge in [-0.05, 0) is 34.1 Å². The molecule has 1 aromatic carbocycles. The van der Waals surface area contributed by atoms with E-state index in [9.17, 15) is 17.2 Å². The second-order valence-electron chi connectivity index (χ2n) is 4.64. The van der Waals surface area contributed by atoms with Gasteiger partial charge < -0.3 is 0 Å². The van der Waals surface area contributed by atoms with Crippen molar-refractivity contribution in [3.63, 3.8) is 0 Å². The number of anilines is 1. The highest BCUT2D eigenvalue weighted by Crippen LogP contribution is 2.22. The van der Waals surface area contributed by atoms with Crippen LogP contribution in [-0.2, 0) is 15.8 Å². The minimum absolute atomic E-state index is 0.0440. The highest BCUT2D eigenvalue weighted by molar-refractivity contribution is 9.10. The molecule has 0 saturated carbocycles. The van der Waals surface area contributed by atoms with Crippen molar-refractivity contribution in [3.8, 4) is 0 Å². The summed E-state index contributed by atoms with van der Waals surface area (Å²) < 4.78 is 55.5.